The molecule has 0 aliphatic carbocycles. The number of aliphatic imine (C=N–C) groups is 1. The summed E-state index contributed by atoms with van der Waals surface area (Å²) in [7, 11) is 0. The van der Waals surface area contributed by atoms with E-state index < -0.39 is 11.6 Å². The second-order valence-electron chi connectivity index (χ2n) is 4.09. The van der Waals surface area contributed by atoms with Crippen molar-refractivity contribution in [3.63, 3.8) is 0 Å². The Morgan fingerprint density at radius 1 is 1.44 bits per heavy atom. The highest BCUT2D eigenvalue weighted by Gasteiger charge is 2.11. The second-order valence-corrected chi connectivity index (χ2v) is 4.09. The second kappa shape index (κ2) is 5.66. The number of ether oxygens (including phenoxy) is 1. The van der Waals surface area contributed by atoms with Crippen LogP contribution in [0.4, 0.5) is 8.78 Å². The third-order valence-electron chi connectivity index (χ3n) is 2.46. The van der Waals surface area contributed by atoms with Crippen molar-refractivity contribution >= 4 is 5.96 Å². The molecule has 0 aromatic heterocycles. The van der Waals surface area contributed by atoms with Gasteiger partial charge in [-0.2, -0.15) is 0 Å². The Labute approximate surface area is 104 Å². The van der Waals surface area contributed by atoms with E-state index in [1.54, 1.807) is 0 Å². The Bertz CT molecular complexity index is 451. The van der Waals surface area contributed by atoms with Crippen molar-refractivity contribution in [3.05, 3.63) is 29.8 Å². The monoisotopic (exact) mass is 255 g/mol. The van der Waals surface area contributed by atoms with Crippen molar-refractivity contribution in [3.8, 4) is 5.75 Å². The first-order valence-corrected chi connectivity index (χ1v) is 5.78. The van der Waals surface area contributed by atoms with Gasteiger partial charge in [-0.3, -0.25) is 4.99 Å². The zero-order valence-electron chi connectivity index (χ0n) is 10.0. The van der Waals surface area contributed by atoms with Gasteiger partial charge in [-0.05, 0) is 19.1 Å². The molecule has 2 rings (SSSR count). The van der Waals surface area contributed by atoms with Crippen LogP contribution in [0, 0.1) is 11.6 Å². The number of nitrogens with one attached hydrogen (secondary N) is 2. The van der Waals surface area contributed by atoms with E-state index in [0.717, 1.165) is 24.6 Å². The smallest absolute Gasteiger partial charge is 0.191 e. The maximum Gasteiger partial charge on any atom is 0.191 e. The van der Waals surface area contributed by atoms with Gasteiger partial charge < -0.3 is 15.4 Å². The Kier molecular flexibility index (Phi) is 3.96. The number of benzene rings is 1. The molecule has 4 nitrogen and oxygen atoms in total. The van der Waals surface area contributed by atoms with E-state index in [-0.39, 0.29) is 0 Å². The fourth-order valence-corrected chi connectivity index (χ4v) is 1.56. The highest BCUT2D eigenvalue weighted by atomic mass is 19.2. The molecule has 1 heterocycles. The molecule has 18 heavy (non-hydrogen) atoms. The van der Waals surface area contributed by atoms with Crippen LogP contribution in [0.3, 0.4) is 0 Å². The molecule has 0 fully saturated rings. The van der Waals surface area contributed by atoms with E-state index in [4.69, 9.17) is 4.74 Å². The predicted octanol–water partition coefficient (Wildman–Crippen LogP) is 1.28. The Morgan fingerprint density at radius 2 is 2.28 bits per heavy atom. The predicted molar refractivity (Wildman–Crippen MR) is 64.8 cm³/mol. The number of nitrogens with zero attached hydrogens (tertiary/aromatic N) is 1. The average Bonchev–Trinajstić information content (AvgIpc) is 2.75. The Hall–Kier alpha value is -1.85. The molecule has 1 unspecified atom stereocenters. The average molecular weight is 255 g/mol. The lowest BCUT2D eigenvalue weighted by atomic mass is 10.3. The molecule has 0 spiro atoms. The number of halogens is 2. The van der Waals surface area contributed by atoms with Gasteiger partial charge in [0.25, 0.3) is 0 Å². The molecule has 1 aliphatic rings. The Morgan fingerprint density at radius 3 is 2.94 bits per heavy atom. The van der Waals surface area contributed by atoms with Crippen molar-refractivity contribution in [1.82, 2.24) is 10.6 Å². The summed E-state index contributed by atoms with van der Waals surface area (Å²) in [6.07, 6.45) is 0. The number of hydrogen-bond donors (Lipinski definition) is 2. The van der Waals surface area contributed by atoms with Crippen LogP contribution in [0.15, 0.2) is 23.2 Å². The molecule has 1 aromatic carbocycles. The third kappa shape index (κ3) is 3.32. The first kappa shape index (κ1) is 12.6. The quantitative estimate of drug-likeness (QED) is 0.797. The lowest BCUT2D eigenvalue weighted by Crippen LogP contribution is -2.39. The fourth-order valence-electron chi connectivity index (χ4n) is 1.56. The van der Waals surface area contributed by atoms with Gasteiger partial charge in [-0.1, -0.05) is 0 Å². The maximum atomic E-state index is 12.9. The van der Waals surface area contributed by atoms with Gasteiger partial charge in [0.2, 0.25) is 0 Å². The molecular weight excluding hydrogens is 240 g/mol. The molecule has 1 aliphatic heterocycles. The summed E-state index contributed by atoms with van der Waals surface area (Å²) in [4.78, 5) is 4.22. The van der Waals surface area contributed by atoms with Crippen molar-refractivity contribution in [2.24, 2.45) is 4.99 Å². The SMILES string of the molecule is CC1CN=C(NCCOc2ccc(F)c(F)c2)N1. The van der Waals surface area contributed by atoms with Crippen LogP contribution in [0.1, 0.15) is 6.92 Å². The molecular formula is C12H15F2N3O. The van der Waals surface area contributed by atoms with E-state index in [1.807, 2.05) is 6.92 Å². The minimum Gasteiger partial charge on any atom is -0.492 e. The summed E-state index contributed by atoms with van der Waals surface area (Å²) in [6.45, 7) is 3.68. The summed E-state index contributed by atoms with van der Waals surface area (Å²) in [5.74, 6) is -0.725. The normalized spacial score (nSPS) is 18.2. The van der Waals surface area contributed by atoms with Crippen molar-refractivity contribution in [2.75, 3.05) is 19.7 Å². The van der Waals surface area contributed by atoms with Crippen molar-refractivity contribution in [2.45, 2.75) is 13.0 Å². The number of hydrogen-bond acceptors (Lipinski definition) is 4. The topological polar surface area (TPSA) is 45.7 Å². The highest BCUT2D eigenvalue weighted by Crippen LogP contribution is 2.14. The molecule has 0 saturated carbocycles. The first-order valence-electron chi connectivity index (χ1n) is 5.78. The molecule has 2 N–H and O–H groups in total. The minimum absolute atomic E-state index is 0.311. The van der Waals surface area contributed by atoms with Crippen LogP contribution in [0.5, 0.6) is 5.75 Å². The summed E-state index contributed by atoms with van der Waals surface area (Å²) >= 11 is 0. The van der Waals surface area contributed by atoms with Crippen LogP contribution in [-0.2, 0) is 0 Å². The zero-order chi connectivity index (χ0) is 13.0. The van der Waals surface area contributed by atoms with Gasteiger partial charge in [0.15, 0.2) is 17.6 Å². The number of guanidine groups is 1. The molecule has 0 bridgehead atoms. The largest absolute Gasteiger partial charge is 0.492 e. The van der Waals surface area contributed by atoms with E-state index >= 15 is 0 Å². The third-order valence-corrected chi connectivity index (χ3v) is 2.46. The van der Waals surface area contributed by atoms with Crippen LogP contribution in [0.2, 0.25) is 0 Å². The van der Waals surface area contributed by atoms with E-state index in [0.29, 0.717) is 24.9 Å². The molecule has 0 saturated heterocycles. The summed E-state index contributed by atoms with van der Waals surface area (Å²) < 4.78 is 30.8. The fraction of sp³-hybridized carbons (Fsp3) is 0.417. The zero-order valence-corrected chi connectivity index (χ0v) is 10.0. The van der Waals surface area contributed by atoms with Crippen LogP contribution in [-0.4, -0.2) is 31.7 Å². The lowest BCUT2D eigenvalue weighted by Gasteiger charge is -2.10. The molecule has 1 aromatic rings. The van der Waals surface area contributed by atoms with Crippen molar-refractivity contribution < 1.29 is 13.5 Å². The van der Waals surface area contributed by atoms with Gasteiger partial charge in [0.05, 0.1) is 13.1 Å². The van der Waals surface area contributed by atoms with Gasteiger partial charge in [0.1, 0.15) is 12.4 Å². The molecule has 6 heteroatoms. The standard InChI is InChI=1S/C12H15F2N3O/c1-8-7-16-12(17-8)15-4-5-18-9-2-3-10(13)11(14)6-9/h2-3,6,8H,4-5,7H2,1H3,(H2,15,16,17). The maximum absolute atomic E-state index is 12.9. The highest BCUT2D eigenvalue weighted by molar-refractivity contribution is 5.81. The van der Waals surface area contributed by atoms with E-state index in [9.17, 15) is 8.78 Å². The first-order chi connectivity index (χ1) is 8.65. The van der Waals surface area contributed by atoms with E-state index in [1.165, 1.54) is 6.07 Å². The van der Waals surface area contributed by atoms with Gasteiger partial charge >= 0.3 is 0 Å². The molecule has 1 atom stereocenters. The summed E-state index contributed by atoms with van der Waals surface area (Å²) in [5, 5.41) is 6.20. The number of rotatable bonds is 4. The van der Waals surface area contributed by atoms with E-state index in [2.05, 4.69) is 15.6 Å². The van der Waals surface area contributed by atoms with Gasteiger partial charge in [-0.15, -0.1) is 0 Å². The minimum atomic E-state index is -0.906. The molecule has 0 amide bonds. The summed E-state index contributed by atoms with van der Waals surface area (Å²) in [5.41, 5.74) is 0. The van der Waals surface area contributed by atoms with Gasteiger partial charge in [-0.25, -0.2) is 8.78 Å². The molecule has 0 radical (unpaired) electrons. The van der Waals surface area contributed by atoms with Crippen LogP contribution >= 0.6 is 0 Å². The summed E-state index contributed by atoms with van der Waals surface area (Å²) in [6, 6.07) is 3.82. The lowest BCUT2D eigenvalue weighted by molar-refractivity contribution is 0.319. The van der Waals surface area contributed by atoms with Crippen LogP contribution in [0.25, 0.3) is 0 Å². The van der Waals surface area contributed by atoms with Crippen LogP contribution < -0.4 is 15.4 Å². The molecule has 98 valence electrons. The Balaban J connectivity index is 1.70. The van der Waals surface area contributed by atoms with Crippen molar-refractivity contribution in [1.29, 1.82) is 0 Å². The van der Waals surface area contributed by atoms with Gasteiger partial charge in [0, 0.05) is 12.1 Å².